The summed E-state index contributed by atoms with van der Waals surface area (Å²) in [4.78, 5) is 40.3. The van der Waals surface area contributed by atoms with Gasteiger partial charge in [0, 0.05) is 18.7 Å². The lowest BCUT2D eigenvalue weighted by Gasteiger charge is -2.37. The molecule has 0 heterocycles. The van der Waals surface area contributed by atoms with Crippen molar-refractivity contribution in [2.24, 2.45) is 22.2 Å². The third-order valence-corrected chi connectivity index (χ3v) is 3.32. The van der Waals surface area contributed by atoms with Gasteiger partial charge in [0.1, 0.15) is 17.6 Å². The molecule has 1 saturated carbocycles. The Morgan fingerprint density at radius 3 is 2.47 bits per heavy atom. The lowest BCUT2D eigenvalue weighted by atomic mass is 9.64. The van der Waals surface area contributed by atoms with Gasteiger partial charge >= 0.3 is 5.97 Å². The predicted octanol–water partition coefficient (Wildman–Crippen LogP) is 1.44. The summed E-state index contributed by atoms with van der Waals surface area (Å²) >= 11 is 0. The number of hydrogen-bond acceptors (Lipinski definition) is 5. The van der Waals surface area contributed by atoms with Crippen LogP contribution < -0.4 is 0 Å². The minimum Gasteiger partial charge on any atom is -0.468 e. The van der Waals surface area contributed by atoms with Crippen LogP contribution in [0.2, 0.25) is 0 Å². The van der Waals surface area contributed by atoms with E-state index < -0.39 is 29.0 Å². The average molecular weight is 267 g/mol. The Bertz CT molecular complexity index is 423. The van der Waals surface area contributed by atoms with E-state index in [1.54, 1.807) is 13.8 Å². The Morgan fingerprint density at radius 2 is 2.00 bits per heavy atom. The first-order valence-corrected chi connectivity index (χ1v) is 6.38. The number of aliphatic imine (C=N–C) groups is 1. The zero-order chi connectivity index (χ0) is 14.8. The number of Topliss-reactive ketones (excluding diaryl/α,β-unsaturated/α-hetero) is 2. The average Bonchev–Trinajstić information content (AvgIpc) is 2.26. The number of rotatable bonds is 3. The first-order chi connectivity index (χ1) is 8.70. The van der Waals surface area contributed by atoms with Crippen LogP contribution >= 0.6 is 0 Å². The maximum absolute atomic E-state index is 12.4. The third kappa shape index (κ3) is 3.28. The van der Waals surface area contributed by atoms with E-state index in [0.717, 1.165) is 0 Å². The number of hydrogen-bond donors (Lipinski definition) is 0. The van der Waals surface area contributed by atoms with Crippen LogP contribution in [0, 0.1) is 17.3 Å². The summed E-state index contributed by atoms with van der Waals surface area (Å²) < 4.78 is 4.69. The van der Waals surface area contributed by atoms with Gasteiger partial charge in [0.05, 0.1) is 7.11 Å². The van der Waals surface area contributed by atoms with Gasteiger partial charge in [-0.3, -0.25) is 19.4 Å². The Hall–Kier alpha value is -1.52. The second kappa shape index (κ2) is 5.63. The Kier molecular flexibility index (Phi) is 4.61. The van der Waals surface area contributed by atoms with Crippen molar-refractivity contribution in [2.75, 3.05) is 7.11 Å². The number of methoxy groups -OCH3 is 1. The van der Waals surface area contributed by atoms with Crippen LogP contribution in [0.3, 0.4) is 0 Å². The molecule has 5 nitrogen and oxygen atoms in total. The van der Waals surface area contributed by atoms with Crippen molar-refractivity contribution in [3.63, 3.8) is 0 Å². The monoisotopic (exact) mass is 267 g/mol. The van der Waals surface area contributed by atoms with Gasteiger partial charge in [0.15, 0.2) is 5.78 Å². The fourth-order valence-corrected chi connectivity index (χ4v) is 2.35. The first kappa shape index (κ1) is 15.5. The fourth-order valence-electron chi connectivity index (χ4n) is 2.35. The van der Waals surface area contributed by atoms with E-state index in [4.69, 9.17) is 0 Å². The van der Waals surface area contributed by atoms with Crippen molar-refractivity contribution < 1.29 is 19.1 Å². The second-order valence-electron chi connectivity index (χ2n) is 5.86. The van der Waals surface area contributed by atoms with E-state index in [0.29, 0.717) is 0 Å². The van der Waals surface area contributed by atoms with Gasteiger partial charge in [-0.05, 0) is 19.3 Å². The molecule has 0 N–H and O–H groups in total. The summed E-state index contributed by atoms with van der Waals surface area (Å²) in [6.45, 7) is 7.19. The van der Waals surface area contributed by atoms with Crippen molar-refractivity contribution in [3.05, 3.63) is 0 Å². The molecule has 0 radical (unpaired) electrons. The molecule has 1 rings (SSSR count). The summed E-state index contributed by atoms with van der Waals surface area (Å²) in [5.41, 5.74) is -0.705. The minimum atomic E-state index is -0.917. The van der Waals surface area contributed by atoms with Crippen LogP contribution in [0.1, 0.15) is 34.1 Å². The van der Waals surface area contributed by atoms with Crippen LogP contribution in [0.5, 0.6) is 0 Å². The molecule has 0 amide bonds. The highest BCUT2D eigenvalue weighted by atomic mass is 16.5. The Balaban J connectivity index is 3.08. The molecule has 2 atom stereocenters. The van der Waals surface area contributed by atoms with E-state index in [2.05, 4.69) is 9.73 Å². The lowest BCUT2D eigenvalue weighted by Crippen LogP contribution is -2.50. The molecule has 0 spiro atoms. The van der Waals surface area contributed by atoms with E-state index in [1.807, 2.05) is 13.8 Å². The van der Waals surface area contributed by atoms with Crippen molar-refractivity contribution in [1.29, 1.82) is 0 Å². The van der Waals surface area contributed by atoms with Gasteiger partial charge in [-0.15, -0.1) is 0 Å². The minimum absolute atomic E-state index is 0.00659. The number of esters is 1. The van der Waals surface area contributed by atoms with E-state index in [-0.39, 0.29) is 18.2 Å². The number of carbonyl (C=O) groups is 3. The molecule has 0 aromatic carbocycles. The van der Waals surface area contributed by atoms with Gasteiger partial charge in [0.2, 0.25) is 0 Å². The Morgan fingerprint density at radius 1 is 1.42 bits per heavy atom. The summed E-state index contributed by atoms with van der Waals surface area (Å²) in [5, 5.41) is 0. The highest BCUT2D eigenvalue weighted by molar-refractivity contribution is 6.21. The zero-order valence-corrected chi connectivity index (χ0v) is 12.1. The van der Waals surface area contributed by atoms with Gasteiger partial charge in [-0.1, -0.05) is 13.8 Å². The molecule has 5 heteroatoms. The lowest BCUT2D eigenvalue weighted by molar-refractivity contribution is -0.159. The number of ether oxygens (including phenoxy) is 1. The first-order valence-electron chi connectivity index (χ1n) is 6.38. The van der Waals surface area contributed by atoms with Gasteiger partial charge in [-0.25, -0.2) is 0 Å². The van der Waals surface area contributed by atoms with Crippen LogP contribution in [-0.4, -0.2) is 36.9 Å². The molecule has 106 valence electrons. The Labute approximate surface area is 113 Å². The molecule has 0 aliphatic heterocycles. The summed E-state index contributed by atoms with van der Waals surface area (Å²) in [5.74, 6) is -2.99. The molecule has 1 aliphatic rings. The normalized spacial score (nSPS) is 27.1. The predicted molar refractivity (Wildman–Crippen MR) is 71.0 cm³/mol. The number of carbonyl (C=O) groups excluding carboxylic acids is 3. The van der Waals surface area contributed by atoms with Crippen LogP contribution in [0.25, 0.3) is 0 Å². The molecule has 0 aromatic heterocycles. The van der Waals surface area contributed by atoms with Crippen molar-refractivity contribution >= 4 is 23.8 Å². The molecule has 0 saturated heterocycles. The maximum Gasteiger partial charge on any atom is 0.316 e. The molecule has 1 unspecified atom stereocenters. The van der Waals surface area contributed by atoms with Gasteiger partial charge in [0.25, 0.3) is 0 Å². The van der Waals surface area contributed by atoms with Gasteiger partial charge in [-0.2, -0.15) is 0 Å². The molecule has 1 fully saturated rings. The molecule has 19 heavy (non-hydrogen) atoms. The number of ketones is 2. The zero-order valence-electron chi connectivity index (χ0n) is 12.1. The molecule has 0 aromatic rings. The standard InChI is InChI=1S/C14H21NO4/c1-8(2)15-7-9-10(16)6-14(3,4)11(12(9)17)13(18)19-5/h7-9,11H,6H2,1-5H3/t9?,11-/m1/s1. The number of nitrogens with zero attached hydrogens (tertiary/aromatic N) is 1. The highest BCUT2D eigenvalue weighted by Gasteiger charge is 2.51. The van der Waals surface area contributed by atoms with Crippen molar-refractivity contribution in [3.8, 4) is 0 Å². The highest BCUT2D eigenvalue weighted by Crippen LogP contribution is 2.39. The van der Waals surface area contributed by atoms with E-state index >= 15 is 0 Å². The van der Waals surface area contributed by atoms with E-state index in [9.17, 15) is 14.4 Å². The third-order valence-electron chi connectivity index (χ3n) is 3.32. The smallest absolute Gasteiger partial charge is 0.316 e. The van der Waals surface area contributed by atoms with Crippen LogP contribution in [0.4, 0.5) is 0 Å². The molecular formula is C14H21NO4. The van der Waals surface area contributed by atoms with Crippen LogP contribution in [0.15, 0.2) is 4.99 Å². The topological polar surface area (TPSA) is 72.8 Å². The maximum atomic E-state index is 12.4. The second-order valence-corrected chi connectivity index (χ2v) is 5.86. The van der Waals surface area contributed by atoms with E-state index in [1.165, 1.54) is 13.3 Å². The molecule has 0 bridgehead atoms. The van der Waals surface area contributed by atoms with Crippen molar-refractivity contribution in [1.82, 2.24) is 0 Å². The van der Waals surface area contributed by atoms with Crippen LogP contribution in [-0.2, 0) is 19.1 Å². The summed E-state index contributed by atoms with van der Waals surface area (Å²) in [6.07, 6.45) is 1.55. The fraction of sp³-hybridized carbons (Fsp3) is 0.714. The van der Waals surface area contributed by atoms with Gasteiger partial charge < -0.3 is 4.74 Å². The molecular weight excluding hydrogens is 246 g/mol. The summed E-state index contributed by atoms with van der Waals surface area (Å²) in [7, 11) is 1.25. The molecule has 1 aliphatic carbocycles. The SMILES string of the molecule is COC(=O)[C@H]1C(=O)C(C=NC(C)C)C(=O)CC1(C)C. The van der Waals surface area contributed by atoms with Crippen molar-refractivity contribution in [2.45, 2.75) is 40.2 Å². The largest absolute Gasteiger partial charge is 0.468 e. The quantitative estimate of drug-likeness (QED) is 0.440. The summed E-state index contributed by atoms with van der Waals surface area (Å²) in [6, 6.07) is 0.00659.